The van der Waals surface area contributed by atoms with Crippen molar-refractivity contribution in [3.63, 3.8) is 0 Å². The minimum atomic E-state index is -0.677. The minimum Gasteiger partial charge on any atom is -0.870 e. The Morgan fingerprint density at radius 2 is 0.561 bits per heavy atom. The monoisotopic (exact) mass is 610 g/mol. The maximum absolute atomic E-state index is 2.34. The van der Waals surface area contributed by atoms with Crippen molar-refractivity contribution in [3.8, 4) is 0 Å². The summed E-state index contributed by atoms with van der Waals surface area (Å²) in [6.45, 7) is 0. The van der Waals surface area contributed by atoms with Crippen molar-refractivity contribution >= 4 is 105 Å². The van der Waals surface area contributed by atoms with Crippen molar-refractivity contribution in [1.29, 1.82) is 0 Å². The molecule has 1 N–H and O–H groups in total. The topological polar surface area (TPSA) is 30.0 Å². The summed E-state index contributed by atoms with van der Waals surface area (Å²) in [4.78, 5) is 0. The number of rotatable bonds is 8. The van der Waals surface area contributed by atoms with E-state index in [-0.39, 0.29) is 43.2 Å². The van der Waals surface area contributed by atoms with Crippen LogP contribution in [0.25, 0.3) is 0 Å². The quantitative estimate of drug-likeness (QED) is 0.164. The Labute approximate surface area is 277 Å². The van der Waals surface area contributed by atoms with Gasteiger partial charge in [0, 0.05) is 0 Å². The molecule has 0 radical (unpaired) electrons. The van der Waals surface area contributed by atoms with Gasteiger partial charge in [-0.1, -0.05) is 170 Å². The van der Waals surface area contributed by atoms with Gasteiger partial charge in [0.1, 0.15) is 0 Å². The van der Waals surface area contributed by atoms with Gasteiger partial charge in [0.05, 0.1) is 0 Å². The molecule has 0 atom stereocenters. The third kappa shape index (κ3) is 7.62. The Kier molecular flexibility index (Phi) is 12.3. The molecule has 1 nitrogen and oxygen atoms in total. The van der Waals surface area contributed by atoms with Crippen molar-refractivity contribution < 1.29 is 5.48 Å². The smallest absolute Gasteiger partial charge is 0.870 e. The molecule has 5 heteroatoms. The third-order valence-corrected chi connectivity index (χ3v) is 13.2. The molecule has 6 aromatic carbocycles. The fourth-order valence-corrected chi connectivity index (χ4v) is 11.3. The maximum atomic E-state index is 2.34. The fraction of sp³-hybridized carbons (Fsp3) is 0. The molecule has 0 fully saturated rings. The van der Waals surface area contributed by atoms with E-state index in [1.165, 1.54) is 51.0 Å². The number of hydrogen-bond donors (Lipinski definition) is 0. The Morgan fingerprint density at radius 1 is 0.317 bits per heavy atom. The molecule has 0 aliphatic heterocycles. The first-order chi connectivity index (χ1) is 19.4. The van der Waals surface area contributed by atoms with Gasteiger partial charge in [-0.25, -0.2) is 0 Å². The predicted molar refractivity (Wildman–Crippen MR) is 184 cm³/mol. The molecule has 41 heavy (non-hydrogen) atoms. The average Bonchev–Trinajstić information content (AvgIpc) is 3.01. The fourth-order valence-electron chi connectivity index (χ4n) is 4.79. The zero-order chi connectivity index (χ0) is 26.3. The average molecular weight is 611 g/mol. The summed E-state index contributed by atoms with van der Waals surface area (Å²) in [5.41, 5.74) is 0. The molecular weight excluding hydrogens is 581 g/mol. The normalized spacial score (nSPS) is 10.6. The summed E-state index contributed by atoms with van der Waals surface area (Å²) in [7, 11) is -0.114. The molecule has 0 saturated heterocycles. The molecule has 0 amide bonds. The molecule has 0 aliphatic rings. The molecule has 0 saturated carbocycles. The van der Waals surface area contributed by atoms with Crippen molar-refractivity contribution in [2.75, 3.05) is 0 Å². The number of hydrogen-bond acceptors (Lipinski definition) is 1. The van der Waals surface area contributed by atoms with E-state index in [0.29, 0.717) is 0 Å². The van der Waals surface area contributed by atoms with E-state index >= 15 is 0 Å². The molecule has 0 unspecified atom stereocenters. The van der Waals surface area contributed by atoms with Crippen LogP contribution in [-0.2, 0) is 0 Å². The van der Waals surface area contributed by atoms with E-state index in [2.05, 4.69) is 170 Å². The van der Waals surface area contributed by atoms with Gasteiger partial charge in [0.15, 0.2) is 0 Å². The summed E-state index contributed by atoms with van der Waals surface area (Å²) in [5, 5.41) is 11.1. The molecule has 196 valence electrons. The van der Waals surface area contributed by atoms with Crippen LogP contribution in [-0.4, -0.2) is 43.2 Å². The Hall–Kier alpha value is -2.17. The first kappa shape index (κ1) is 31.8. The van der Waals surface area contributed by atoms with Crippen LogP contribution in [0.4, 0.5) is 0 Å². The Bertz CT molecular complexity index is 1430. The summed E-state index contributed by atoms with van der Waals surface area (Å²) in [5.74, 6) is 0. The second-order valence-electron chi connectivity index (χ2n) is 9.10. The Morgan fingerprint density at radius 3 is 0.854 bits per heavy atom. The van der Waals surface area contributed by atoms with Crippen LogP contribution in [0.1, 0.15) is 0 Å². The molecule has 0 heterocycles. The van der Waals surface area contributed by atoms with Crippen molar-refractivity contribution in [2.45, 2.75) is 0 Å². The van der Waals surface area contributed by atoms with E-state index < -0.39 is 15.8 Å². The van der Waals surface area contributed by atoms with E-state index in [1.54, 1.807) is 0 Å². The van der Waals surface area contributed by atoms with Gasteiger partial charge in [0.25, 0.3) is 0 Å². The van der Waals surface area contributed by atoms with Crippen molar-refractivity contribution in [1.82, 2.24) is 0 Å². The molecule has 6 rings (SSSR count). The van der Waals surface area contributed by atoms with Crippen LogP contribution >= 0.6 is 24.4 Å². The van der Waals surface area contributed by atoms with Gasteiger partial charge in [-0.3, -0.25) is 0 Å². The standard InChI is InChI=1S/C36H28P3.Ca.H2O/c1-5-17-29(18-6-1)38(30-19-7-2-8-20-30)35-27-15-13-25-33(35)37-34-26-14-16-28-36(34)39(31-21-9-3-10-22-31)32-23-11-4-12-24-32;;/h1-28H;;1H2/q-1;+2;/p-1. The van der Waals surface area contributed by atoms with E-state index in [0.717, 1.165) is 0 Å². The molecule has 0 spiro atoms. The van der Waals surface area contributed by atoms with Crippen LogP contribution in [0, 0.1) is 0 Å². The molecule has 0 aliphatic carbocycles. The number of benzene rings is 6. The van der Waals surface area contributed by atoms with Crippen LogP contribution in [0.3, 0.4) is 0 Å². The van der Waals surface area contributed by atoms with Crippen LogP contribution in [0.5, 0.6) is 0 Å². The van der Waals surface area contributed by atoms with Crippen LogP contribution < -0.4 is 42.4 Å². The third-order valence-electron chi connectivity index (χ3n) is 6.54. The maximum Gasteiger partial charge on any atom is 2.00 e. The first-order valence-corrected chi connectivity index (χ1v) is 16.7. The van der Waals surface area contributed by atoms with Gasteiger partial charge in [-0.2, -0.15) is 10.6 Å². The molecular formula is C36H29CaOP3. The van der Waals surface area contributed by atoms with Gasteiger partial charge in [-0.15, -0.1) is 0 Å². The van der Waals surface area contributed by atoms with Crippen LogP contribution in [0.2, 0.25) is 0 Å². The zero-order valence-electron chi connectivity index (χ0n) is 22.7. The van der Waals surface area contributed by atoms with E-state index in [9.17, 15) is 0 Å². The summed E-state index contributed by atoms with van der Waals surface area (Å²) >= 11 is 0. The predicted octanol–water partition coefficient (Wildman–Crippen LogP) is 5.54. The van der Waals surface area contributed by atoms with Crippen LogP contribution in [0.15, 0.2) is 170 Å². The van der Waals surface area contributed by atoms with Crippen molar-refractivity contribution in [2.24, 2.45) is 0 Å². The minimum absolute atomic E-state index is 0. The first-order valence-electron chi connectivity index (χ1n) is 13.1. The van der Waals surface area contributed by atoms with Gasteiger partial charge < -0.3 is 14.1 Å². The molecule has 0 bridgehead atoms. The molecule has 0 aromatic heterocycles. The SMILES string of the molecule is [Ca+2].[OH-].c1ccc(P(c2ccccc2)c2ccccc2[P-]c2ccccc2P(c2ccccc2)c2ccccc2)cc1. The summed E-state index contributed by atoms with van der Waals surface area (Å²) < 4.78 is 0. The zero-order valence-corrected chi connectivity index (χ0v) is 27.6. The second kappa shape index (κ2) is 15.9. The largest absolute Gasteiger partial charge is 2.00 e. The van der Waals surface area contributed by atoms with Gasteiger partial charge in [0.2, 0.25) is 0 Å². The molecule has 6 aromatic rings. The van der Waals surface area contributed by atoms with Crippen molar-refractivity contribution in [3.05, 3.63) is 170 Å². The second-order valence-corrected chi connectivity index (χ2v) is 14.7. The van der Waals surface area contributed by atoms with E-state index in [4.69, 9.17) is 0 Å². The summed E-state index contributed by atoms with van der Waals surface area (Å²) in [6.07, 6.45) is 0. The Balaban J connectivity index is 0.00000194. The van der Waals surface area contributed by atoms with E-state index in [1.807, 2.05) is 0 Å². The van der Waals surface area contributed by atoms with Gasteiger partial charge in [-0.05, 0) is 47.7 Å². The van der Waals surface area contributed by atoms with Gasteiger partial charge >= 0.3 is 37.7 Å². The summed E-state index contributed by atoms with van der Waals surface area (Å²) in [6, 6.07) is 62.1.